The first-order chi connectivity index (χ1) is 15.7. The van der Waals surface area contributed by atoms with Gasteiger partial charge in [-0.1, -0.05) is 18.2 Å². The van der Waals surface area contributed by atoms with Gasteiger partial charge in [-0.2, -0.15) is 0 Å². The molecule has 2 heterocycles. The van der Waals surface area contributed by atoms with Crippen molar-refractivity contribution < 1.29 is 9.53 Å². The summed E-state index contributed by atoms with van der Waals surface area (Å²) in [4.78, 5) is 34.4. The van der Waals surface area contributed by atoms with Gasteiger partial charge in [0.25, 0.3) is 5.56 Å². The van der Waals surface area contributed by atoms with E-state index in [1.807, 2.05) is 54.6 Å². The summed E-state index contributed by atoms with van der Waals surface area (Å²) in [5, 5.41) is 3.64. The highest BCUT2D eigenvalue weighted by atomic mass is 32.2. The average Bonchev–Trinajstić information content (AvgIpc) is 3.37. The minimum atomic E-state index is -0.106. The minimum Gasteiger partial charge on any atom is -0.457 e. The van der Waals surface area contributed by atoms with E-state index < -0.39 is 0 Å². The van der Waals surface area contributed by atoms with Crippen LogP contribution in [0.2, 0.25) is 0 Å². The Labute approximate surface area is 193 Å². The maximum atomic E-state index is 12.5. The lowest BCUT2D eigenvalue weighted by atomic mass is 10.2. The van der Waals surface area contributed by atoms with E-state index >= 15 is 0 Å². The van der Waals surface area contributed by atoms with Gasteiger partial charge >= 0.3 is 0 Å². The Morgan fingerprint density at radius 2 is 1.88 bits per heavy atom. The Bertz CT molecular complexity index is 1310. The normalized spacial score (nSPS) is 12.6. The number of rotatable bonds is 7. The molecule has 0 aliphatic heterocycles. The summed E-state index contributed by atoms with van der Waals surface area (Å²) in [7, 11) is 0. The van der Waals surface area contributed by atoms with E-state index in [0.29, 0.717) is 23.0 Å². The number of benzene rings is 2. The maximum absolute atomic E-state index is 12.5. The lowest BCUT2D eigenvalue weighted by molar-refractivity contribution is -0.113. The van der Waals surface area contributed by atoms with E-state index in [4.69, 9.17) is 4.74 Å². The zero-order valence-corrected chi connectivity index (χ0v) is 18.9. The van der Waals surface area contributed by atoms with Crippen LogP contribution in [0, 0.1) is 0 Å². The number of aryl methyl sites for hydroxylation is 2. The number of nitrogens with one attached hydrogen (secondary N) is 2. The third-order valence-electron chi connectivity index (χ3n) is 5.21. The largest absolute Gasteiger partial charge is 0.457 e. The molecule has 5 rings (SSSR count). The molecule has 4 aromatic rings. The second-order valence-corrected chi connectivity index (χ2v) is 9.60. The fourth-order valence-electron chi connectivity index (χ4n) is 3.78. The summed E-state index contributed by atoms with van der Waals surface area (Å²) in [5.74, 6) is 2.72. The van der Waals surface area contributed by atoms with Crippen molar-refractivity contribution in [1.29, 1.82) is 0 Å². The Morgan fingerprint density at radius 3 is 2.69 bits per heavy atom. The van der Waals surface area contributed by atoms with Gasteiger partial charge in [0, 0.05) is 10.6 Å². The van der Waals surface area contributed by atoms with Crippen LogP contribution in [0.25, 0.3) is 10.2 Å². The molecule has 0 saturated heterocycles. The highest BCUT2D eigenvalue weighted by Gasteiger charge is 2.21. The molecule has 2 aromatic heterocycles. The summed E-state index contributed by atoms with van der Waals surface area (Å²) in [5.41, 5.74) is 1.82. The summed E-state index contributed by atoms with van der Waals surface area (Å²) >= 11 is 3.05. The number of H-pyrrole nitrogens is 1. The fraction of sp³-hybridized carbons (Fsp3) is 0.208. The summed E-state index contributed by atoms with van der Waals surface area (Å²) in [6, 6.07) is 16.8. The van der Waals surface area contributed by atoms with Gasteiger partial charge in [-0.15, -0.1) is 23.1 Å². The average molecular weight is 464 g/mol. The van der Waals surface area contributed by atoms with E-state index in [-0.39, 0.29) is 17.2 Å². The molecule has 8 heteroatoms. The lowest BCUT2D eigenvalue weighted by Gasteiger charge is -2.08. The Balaban J connectivity index is 1.14. The molecule has 1 aliphatic carbocycles. The molecule has 1 aliphatic rings. The van der Waals surface area contributed by atoms with Crippen molar-refractivity contribution >= 4 is 44.9 Å². The Kier molecular flexibility index (Phi) is 5.96. The van der Waals surface area contributed by atoms with Crippen molar-refractivity contribution in [2.75, 3.05) is 11.1 Å². The molecular formula is C24H21N3O3S2. The van der Waals surface area contributed by atoms with Gasteiger partial charge in [-0.25, -0.2) is 4.98 Å². The van der Waals surface area contributed by atoms with E-state index in [1.165, 1.54) is 22.2 Å². The summed E-state index contributed by atoms with van der Waals surface area (Å²) in [6.45, 7) is 0. The number of nitrogens with zero attached hydrogens (tertiary/aromatic N) is 1. The third-order valence-corrected chi connectivity index (χ3v) is 7.34. The fourth-order valence-corrected chi connectivity index (χ4v) is 5.75. The molecular weight excluding hydrogens is 442 g/mol. The van der Waals surface area contributed by atoms with Crippen LogP contribution in [-0.2, 0) is 23.4 Å². The number of aromatic amines is 1. The predicted octanol–water partition coefficient (Wildman–Crippen LogP) is 5.14. The van der Waals surface area contributed by atoms with Crippen molar-refractivity contribution in [3.05, 3.63) is 81.2 Å². The molecule has 0 saturated carbocycles. The topological polar surface area (TPSA) is 84.1 Å². The number of hydrogen-bond acceptors (Lipinski definition) is 6. The van der Waals surface area contributed by atoms with Gasteiger partial charge in [0.05, 0.1) is 16.9 Å². The molecule has 0 radical (unpaired) electrons. The standard InChI is InChI=1S/C24H21N3O3S2/c28-21(25-15-9-11-17(12-10-15)30-16-5-2-1-3-6-16)14-31-13-20-26-23(29)22-18-7-4-8-19(18)32-24(22)27-20/h1-3,5-6,9-12H,4,7-8,13-14H2,(H,25,28)(H,26,27,29). The number of hydrogen-bond donors (Lipinski definition) is 2. The van der Waals surface area contributed by atoms with Crippen LogP contribution in [0.5, 0.6) is 11.5 Å². The molecule has 2 N–H and O–H groups in total. The first-order valence-electron chi connectivity index (χ1n) is 10.4. The van der Waals surface area contributed by atoms with E-state index in [1.54, 1.807) is 11.3 Å². The summed E-state index contributed by atoms with van der Waals surface area (Å²) < 4.78 is 5.76. The molecule has 0 unspecified atom stereocenters. The van der Waals surface area contributed by atoms with E-state index in [9.17, 15) is 9.59 Å². The lowest BCUT2D eigenvalue weighted by Crippen LogP contribution is -2.15. The van der Waals surface area contributed by atoms with Gasteiger partial charge in [-0.3, -0.25) is 9.59 Å². The molecule has 32 heavy (non-hydrogen) atoms. The monoisotopic (exact) mass is 463 g/mol. The molecule has 0 bridgehead atoms. The van der Waals surface area contributed by atoms with E-state index in [2.05, 4.69) is 15.3 Å². The van der Waals surface area contributed by atoms with Crippen LogP contribution in [-0.4, -0.2) is 21.6 Å². The van der Waals surface area contributed by atoms with Crippen molar-refractivity contribution in [1.82, 2.24) is 9.97 Å². The molecule has 0 atom stereocenters. The van der Waals surface area contributed by atoms with E-state index in [0.717, 1.165) is 35.2 Å². The van der Waals surface area contributed by atoms with Crippen LogP contribution >= 0.6 is 23.1 Å². The van der Waals surface area contributed by atoms with Gasteiger partial charge in [0.15, 0.2) is 0 Å². The van der Waals surface area contributed by atoms with Crippen molar-refractivity contribution in [3.8, 4) is 11.5 Å². The molecule has 0 spiro atoms. The third kappa shape index (κ3) is 4.56. The number of para-hydroxylation sites is 1. The first kappa shape index (κ1) is 20.8. The molecule has 2 aromatic carbocycles. The highest BCUT2D eigenvalue weighted by Crippen LogP contribution is 2.34. The number of ether oxygens (including phenoxy) is 1. The second kappa shape index (κ2) is 9.18. The smallest absolute Gasteiger partial charge is 0.259 e. The van der Waals surface area contributed by atoms with Gasteiger partial charge in [-0.05, 0) is 61.2 Å². The number of thioether (sulfide) groups is 1. The zero-order chi connectivity index (χ0) is 21.9. The summed E-state index contributed by atoms with van der Waals surface area (Å²) in [6.07, 6.45) is 3.12. The number of fused-ring (bicyclic) bond motifs is 3. The quantitative estimate of drug-likeness (QED) is 0.397. The predicted molar refractivity (Wildman–Crippen MR) is 130 cm³/mol. The molecule has 162 valence electrons. The van der Waals surface area contributed by atoms with Crippen LogP contribution in [0.4, 0.5) is 5.69 Å². The molecule has 0 fully saturated rings. The Hall–Kier alpha value is -3.10. The van der Waals surface area contributed by atoms with Gasteiger partial charge in [0.2, 0.25) is 5.91 Å². The van der Waals surface area contributed by atoms with Gasteiger partial charge in [0.1, 0.15) is 22.2 Å². The molecule has 1 amide bonds. The number of carbonyl (C=O) groups excluding carboxylic acids is 1. The number of thiophene rings is 1. The number of aromatic nitrogens is 2. The van der Waals surface area contributed by atoms with Crippen molar-refractivity contribution in [2.24, 2.45) is 0 Å². The molecule has 6 nitrogen and oxygen atoms in total. The first-order valence-corrected chi connectivity index (χ1v) is 12.4. The van der Waals surface area contributed by atoms with Crippen LogP contribution in [0.3, 0.4) is 0 Å². The van der Waals surface area contributed by atoms with Crippen molar-refractivity contribution in [3.63, 3.8) is 0 Å². The van der Waals surface area contributed by atoms with Crippen molar-refractivity contribution in [2.45, 2.75) is 25.0 Å². The number of anilines is 1. The maximum Gasteiger partial charge on any atom is 0.259 e. The SMILES string of the molecule is O=C(CSCc1nc2sc3c(c2c(=O)[nH]1)CCC3)Nc1ccc(Oc2ccccc2)cc1. The minimum absolute atomic E-state index is 0.0627. The number of amides is 1. The van der Waals surface area contributed by atoms with Crippen LogP contribution < -0.4 is 15.6 Å². The second-order valence-electron chi connectivity index (χ2n) is 7.53. The zero-order valence-electron chi connectivity index (χ0n) is 17.2. The highest BCUT2D eigenvalue weighted by molar-refractivity contribution is 7.99. The Morgan fingerprint density at radius 1 is 1.09 bits per heavy atom. The van der Waals surface area contributed by atoms with Crippen LogP contribution in [0.15, 0.2) is 59.4 Å². The number of carbonyl (C=O) groups is 1. The van der Waals surface area contributed by atoms with Gasteiger partial charge < -0.3 is 15.0 Å². The van der Waals surface area contributed by atoms with Crippen LogP contribution in [0.1, 0.15) is 22.7 Å².